The van der Waals surface area contributed by atoms with Crippen LogP contribution < -0.4 is 0 Å². The highest BCUT2D eigenvalue weighted by molar-refractivity contribution is 5.67. The van der Waals surface area contributed by atoms with E-state index in [1.165, 1.54) is 0 Å². The first-order chi connectivity index (χ1) is 10.2. The summed E-state index contributed by atoms with van der Waals surface area (Å²) in [7, 11) is 3.09. The van der Waals surface area contributed by atoms with E-state index in [0.29, 0.717) is 19.7 Å². The molecule has 0 N–H and O–H groups in total. The van der Waals surface area contributed by atoms with Gasteiger partial charge in [0, 0.05) is 20.8 Å². The lowest BCUT2D eigenvalue weighted by molar-refractivity contribution is -0.196. The highest BCUT2D eigenvalue weighted by Crippen LogP contribution is 2.13. The molecule has 0 radical (unpaired) electrons. The van der Waals surface area contributed by atoms with Gasteiger partial charge in [-0.05, 0) is 5.56 Å². The Labute approximate surface area is 124 Å². The summed E-state index contributed by atoms with van der Waals surface area (Å²) in [4.78, 5) is 13.7. The maximum atomic E-state index is 12.1. The third-order valence-corrected chi connectivity index (χ3v) is 3.32. The molecule has 21 heavy (non-hydrogen) atoms. The van der Waals surface area contributed by atoms with Crippen LogP contribution in [0, 0.1) is 0 Å². The van der Waals surface area contributed by atoms with Gasteiger partial charge in [0.15, 0.2) is 6.29 Å². The largest absolute Gasteiger partial charge is 0.445 e. The molecule has 0 aliphatic carbocycles. The van der Waals surface area contributed by atoms with E-state index in [2.05, 4.69) is 0 Å². The second-order valence-electron chi connectivity index (χ2n) is 4.74. The van der Waals surface area contributed by atoms with E-state index in [9.17, 15) is 4.79 Å². The Hall–Kier alpha value is -1.63. The van der Waals surface area contributed by atoms with Gasteiger partial charge < -0.3 is 23.8 Å². The number of methoxy groups -OCH3 is 2. The van der Waals surface area contributed by atoms with Crippen molar-refractivity contribution in [3.63, 3.8) is 0 Å². The van der Waals surface area contributed by atoms with Gasteiger partial charge in [-0.3, -0.25) is 0 Å². The molecule has 1 aliphatic rings. The molecule has 1 amide bonds. The third kappa shape index (κ3) is 4.42. The van der Waals surface area contributed by atoms with Crippen LogP contribution in [-0.4, -0.2) is 57.3 Å². The van der Waals surface area contributed by atoms with Crippen LogP contribution in [0.15, 0.2) is 30.3 Å². The van der Waals surface area contributed by atoms with Gasteiger partial charge in [-0.2, -0.15) is 0 Å². The van der Waals surface area contributed by atoms with Crippen LogP contribution in [0.2, 0.25) is 0 Å². The minimum atomic E-state index is -0.491. The molecule has 1 aliphatic heterocycles. The molecule has 0 bridgehead atoms. The van der Waals surface area contributed by atoms with Crippen LogP contribution in [0.25, 0.3) is 0 Å². The predicted octanol–water partition coefficient (Wildman–Crippen LogP) is 1.64. The summed E-state index contributed by atoms with van der Waals surface area (Å²) in [6, 6.07) is 9.58. The average molecular weight is 295 g/mol. The molecule has 6 nitrogen and oxygen atoms in total. The fourth-order valence-corrected chi connectivity index (χ4v) is 2.22. The number of morpholine rings is 1. The van der Waals surface area contributed by atoms with Crippen molar-refractivity contribution in [3.05, 3.63) is 35.9 Å². The van der Waals surface area contributed by atoms with Crippen LogP contribution in [0.4, 0.5) is 4.79 Å². The van der Waals surface area contributed by atoms with Crippen molar-refractivity contribution in [1.82, 2.24) is 4.90 Å². The summed E-state index contributed by atoms with van der Waals surface area (Å²) < 4.78 is 21.2. The highest BCUT2D eigenvalue weighted by atomic mass is 16.7. The first kappa shape index (κ1) is 15.8. The Morgan fingerprint density at radius 1 is 1.33 bits per heavy atom. The summed E-state index contributed by atoms with van der Waals surface area (Å²) in [6.45, 7) is 1.60. The van der Waals surface area contributed by atoms with Gasteiger partial charge in [-0.1, -0.05) is 30.3 Å². The van der Waals surface area contributed by atoms with Gasteiger partial charge in [0.05, 0.1) is 13.2 Å². The predicted molar refractivity (Wildman–Crippen MR) is 75.7 cm³/mol. The van der Waals surface area contributed by atoms with Crippen molar-refractivity contribution in [2.75, 3.05) is 33.9 Å². The van der Waals surface area contributed by atoms with Crippen LogP contribution in [0.3, 0.4) is 0 Å². The molecule has 1 fully saturated rings. The third-order valence-electron chi connectivity index (χ3n) is 3.32. The summed E-state index contributed by atoms with van der Waals surface area (Å²) in [6.07, 6.45) is -1.15. The Morgan fingerprint density at radius 2 is 2.05 bits per heavy atom. The van der Waals surface area contributed by atoms with Crippen molar-refractivity contribution < 1.29 is 23.7 Å². The lowest BCUT2D eigenvalue weighted by Gasteiger charge is -2.35. The molecule has 0 spiro atoms. The maximum Gasteiger partial charge on any atom is 0.410 e. The first-order valence-corrected chi connectivity index (χ1v) is 6.87. The molecule has 1 heterocycles. The zero-order chi connectivity index (χ0) is 15.1. The van der Waals surface area contributed by atoms with Gasteiger partial charge in [0.2, 0.25) is 0 Å². The van der Waals surface area contributed by atoms with Gasteiger partial charge in [0.1, 0.15) is 12.7 Å². The molecule has 2 rings (SSSR count). The van der Waals surface area contributed by atoms with Crippen LogP contribution >= 0.6 is 0 Å². The zero-order valence-corrected chi connectivity index (χ0v) is 12.4. The van der Waals surface area contributed by atoms with Crippen molar-refractivity contribution in [2.24, 2.45) is 0 Å². The van der Waals surface area contributed by atoms with Gasteiger partial charge in [-0.25, -0.2) is 4.79 Å². The Morgan fingerprint density at radius 3 is 2.71 bits per heavy atom. The lowest BCUT2D eigenvalue weighted by atomic mass is 10.2. The van der Waals surface area contributed by atoms with E-state index in [4.69, 9.17) is 18.9 Å². The molecule has 1 atom stereocenters. The Kier molecular flexibility index (Phi) is 5.98. The van der Waals surface area contributed by atoms with Crippen LogP contribution in [0.1, 0.15) is 5.56 Å². The van der Waals surface area contributed by atoms with Gasteiger partial charge >= 0.3 is 6.09 Å². The lowest BCUT2D eigenvalue weighted by Crippen LogP contribution is -2.50. The fraction of sp³-hybridized carbons (Fsp3) is 0.533. The molecule has 1 saturated heterocycles. The summed E-state index contributed by atoms with van der Waals surface area (Å²) in [5, 5.41) is 0. The van der Waals surface area contributed by atoms with E-state index < -0.39 is 6.29 Å². The minimum absolute atomic E-state index is 0.264. The van der Waals surface area contributed by atoms with E-state index in [1.54, 1.807) is 19.1 Å². The van der Waals surface area contributed by atoms with E-state index in [1.807, 2.05) is 30.3 Å². The number of amides is 1. The number of carbonyl (C=O) groups excluding carboxylic acids is 1. The molecule has 0 aromatic heterocycles. The summed E-state index contributed by atoms with van der Waals surface area (Å²) in [5.74, 6) is 0. The van der Waals surface area contributed by atoms with Crippen molar-refractivity contribution in [3.8, 4) is 0 Å². The van der Waals surface area contributed by atoms with Crippen LogP contribution in [-0.2, 0) is 25.6 Å². The number of rotatable bonds is 5. The average Bonchev–Trinajstić information content (AvgIpc) is 2.55. The highest BCUT2D eigenvalue weighted by Gasteiger charge is 2.31. The summed E-state index contributed by atoms with van der Waals surface area (Å²) in [5.41, 5.74) is 0.960. The molecule has 1 aromatic carbocycles. The smallest absolute Gasteiger partial charge is 0.410 e. The van der Waals surface area contributed by atoms with Crippen molar-refractivity contribution in [1.29, 1.82) is 0 Å². The number of benzene rings is 1. The standard InChI is InChI=1S/C15H21NO5/c1-18-14(19-2)13-10-16(8-9-20-13)15(17)21-11-12-6-4-3-5-7-12/h3-7,13-14H,8-11H2,1-2H3/t13-/m0/s1. The number of hydrogen-bond donors (Lipinski definition) is 0. The minimum Gasteiger partial charge on any atom is -0.445 e. The van der Waals surface area contributed by atoms with E-state index in [0.717, 1.165) is 5.56 Å². The van der Waals surface area contributed by atoms with Crippen molar-refractivity contribution in [2.45, 2.75) is 19.0 Å². The number of nitrogens with zero attached hydrogens (tertiary/aromatic N) is 1. The fourth-order valence-electron chi connectivity index (χ4n) is 2.22. The number of carbonyl (C=O) groups is 1. The Bertz CT molecular complexity index is 435. The number of hydrogen-bond acceptors (Lipinski definition) is 5. The second kappa shape index (κ2) is 7.97. The Balaban J connectivity index is 1.84. The molecule has 6 heteroatoms. The molecular formula is C15H21NO5. The van der Waals surface area contributed by atoms with Gasteiger partial charge in [-0.15, -0.1) is 0 Å². The molecule has 1 aromatic rings. The molecule has 0 unspecified atom stereocenters. The topological polar surface area (TPSA) is 57.2 Å². The molecule has 0 saturated carbocycles. The van der Waals surface area contributed by atoms with E-state index >= 15 is 0 Å². The SMILES string of the molecule is COC(OC)[C@@H]1CN(C(=O)OCc2ccccc2)CCO1. The monoisotopic (exact) mass is 295 g/mol. The van der Waals surface area contributed by atoms with Gasteiger partial charge in [0.25, 0.3) is 0 Å². The maximum absolute atomic E-state index is 12.1. The normalized spacial score (nSPS) is 18.8. The summed E-state index contributed by atoms with van der Waals surface area (Å²) >= 11 is 0. The van der Waals surface area contributed by atoms with E-state index in [-0.39, 0.29) is 18.8 Å². The molecule has 116 valence electrons. The first-order valence-electron chi connectivity index (χ1n) is 6.87. The van der Waals surface area contributed by atoms with Crippen molar-refractivity contribution >= 4 is 6.09 Å². The molecular weight excluding hydrogens is 274 g/mol. The van der Waals surface area contributed by atoms with Crippen LogP contribution in [0.5, 0.6) is 0 Å². The second-order valence-corrected chi connectivity index (χ2v) is 4.74. The number of ether oxygens (including phenoxy) is 4. The zero-order valence-electron chi connectivity index (χ0n) is 12.4. The quantitative estimate of drug-likeness (QED) is 0.773.